The fourth-order valence-electron chi connectivity index (χ4n) is 1.30. The number of nitrogens with two attached hydrogens (primary N) is 1. The highest BCUT2D eigenvalue weighted by Gasteiger charge is 1.95. The molecule has 0 radical (unpaired) electrons. The van der Waals surface area contributed by atoms with Crippen LogP contribution in [0.4, 0.5) is 5.82 Å². The summed E-state index contributed by atoms with van der Waals surface area (Å²) in [5.41, 5.74) is 8.05. The first kappa shape index (κ1) is 9.99. The summed E-state index contributed by atoms with van der Waals surface area (Å²) in [6.45, 7) is 0. The van der Waals surface area contributed by atoms with Gasteiger partial charge in [0.1, 0.15) is 5.82 Å². The molecule has 0 bridgehead atoms. The van der Waals surface area contributed by atoms with Crippen LogP contribution in [-0.4, -0.2) is 9.97 Å². The number of nitrogens with one attached hydrogen (secondary N) is 1. The largest absolute Gasteiger partial charge is 0.382 e. The van der Waals surface area contributed by atoms with Crippen LogP contribution in [-0.2, 0) is 0 Å². The molecule has 3 N–H and O–H groups in total. The van der Waals surface area contributed by atoms with E-state index in [1.807, 2.05) is 24.3 Å². The van der Waals surface area contributed by atoms with Crippen molar-refractivity contribution in [3.8, 4) is 6.07 Å². The number of hydrogen-bond donors (Lipinski definition) is 2. The van der Waals surface area contributed by atoms with Gasteiger partial charge in [-0.1, -0.05) is 18.2 Å². The SMILES string of the molecule is N#Cc1ccc(C=Cc2[nH]cnc2N)cc1. The lowest BCUT2D eigenvalue weighted by Crippen LogP contribution is -1.86. The fourth-order valence-corrected chi connectivity index (χ4v) is 1.30. The van der Waals surface area contributed by atoms with Crippen molar-refractivity contribution < 1.29 is 0 Å². The van der Waals surface area contributed by atoms with E-state index in [9.17, 15) is 0 Å². The zero-order valence-corrected chi connectivity index (χ0v) is 8.51. The van der Waals surface area contributed by atoms with E-state index in [2.05, 4.69) is 16.0 Å². The monoisotopic (exact) mass is 210 g/mol. The van der Waals surface area contributed by atoms with Gasteiger partial charge in [0.25, 0.3) is 0 Å². The second-order valence-electron chi connectivity index (χ2n) is 3.27. The van der Waals surface area contributed by atoms with E-state index in [4.69, 9.17) is 11.0 Å². The van der Waals surface area contributed by atoms with Crippen molar-refractivity contribution in [2.24, 2.45) is 0 Å². The molecule has 0 aliphatic heterocycles. The van der Waals surface area contributed by atoms with Crippen molar-refractivity contribution in [2.45, 2.75) is 0 Å². The van der Waals surface area contributed by atoms with Gasteiger partial charge in [-0.15, -0.1) is 0 Å². The van der Waals surface area contributed by atoms with Crippen LogP contribution < -0.4 is 5.73 Å². The third kappa shape index (κ3) is 2.10. The summed E-state index contributed by atoms with van der Waals surface area (Å²) < 4.78 is 0. The van der Waals surface area contributed by atoms with Crippen LogP contribution in [0.25, 0.3) is 12.2 Å². The van der Waals surface area contributed by atoms with Crippen LogP contribution in [0.3, 0.4) is 0 Å². The lowest BCUT2D eigenvalue weighted by molar-refractivity contribution is 1.31. The predicted octanol–water partition coefficient (Wildman–Crippen LogP) is 2.03. The molecule has 2 rings (SSSR count). The number of nitriles is 1. The first-order valence-corrected chi connectivity index (χ1v) is 4.76. The molecule has 78 valence electrons. The van der Waals surface area contributed by atoms with Crippen molar-refractivity contribution in [3.05, 3.63) is 47.4 Å². The maximum Gasteiger partial charge on any atom is 0.148 e. The highest BCUT2D eigenvalue weighted by molar-refractivity contribution is 5.72. The Morgan fingerprint density at radius 1 is 1.25 bits per heavy atom. The molecular weight excluding hydrogens is 200 g/mol. The van der Waals surface area contributed by atoms with Crippen molar-refractivity contribution in [3.63, 3.8) is 0 Å². The fraction of sp³-hybridized carbons (Fsp3) is 0. The number of benzene rings is 1. The molecule has 0 saturated heterocycles. The molecule has 0 unspecified atom stereocenters. The number of aromatic amines is 1. The standard InChI is InChI=1S/C12H10N4/c13-7-10-3-1-9(2-4-10)5-6-11-12(14)16-8-15-11/h1-6,8H,14H2,(H,15,16). The van der Waals surface area contributed by atoms with Crippen molar-refractivity contribution in [1.29, 1.82) is 5.26 Å². The summed E-state index contributed by atoms with van der Waals surface area (Å²) in [5.74, 6) is 0.477. The Labute approximate surface area is 93.1 Å². The first-order chi connectivity index (χ1) is 7.79. The molecule has 0 saturated carbocycles. The Hall–Kier alpha value is -2.54. The molecule has 0 aliphatic rings. The number of aromatic nitrogens is 2. The van der Waals surface area contributed by atoms with Crippen LogP contribution in [0.1, 0.15) is 16.8 Å². The maximum atomic E-state index is 8.65. The molecule has 0 amide bonds. The van der Waals surface area contributed by atoms with E-state index in [-0.39, 0.29) is 0 Å². The predicted molar refractivity (Wildman–Crippen MR) is 63.1 cm³/mol. The summed E-state index contributed by atoms with van der Waals surface area (Å²) in [6.07, 6.45) is 5.31. The number of nitrogens with zero attached hydrogens (tertiary/aromatic N) is 2. The Balaban J connectivity index is 2.18. The van der Waals surface area contributed by atoms with E-state index in [0.717, 1.165) is 11.3 Å². The molecular formula is C12H10N4. The Morgan fingerprint density at radius 3 is 2.56 bits per heavy atom. The zero-order valence-electron chi connectivity index (χ0n) is 8.51. The molecule has 0 aliphatic carbocycles. The topological polar surface area (TPSA) is 78.5 Å². The van der Waals surface area contributed by atoms with Gasteiger partial charge in [-0.2, -0.15) is 5.26 Å². The summed E-state index contributed by atoms with van der Waals surface area (Å²) in [5, 5.41) is 8.65. The minimum absolute atomic E-state index is 0.477. The minimum atomic E-state index is 0.477. The van der Waals surface area contributed by atoms with Gasteiger partial charge in [0.05, 0.1) is 23.7 Å². The number of rotatable bonds is 2. The van der Waals surface area contributed by atoms with Crippen molar-refractivity contribution in [1.82, 2.24) is 9.97 Å². The summed E-state index contributed by atoms with van der Waals surface area (Å²) in [4.78, 5) is 6.81. The average molecular weight is 210 g/mol. The molecule has 4 nitrogen and oxygen atoms in total. The van der Waals surface area contributed by atoms with E-state index in [0.29, 0.717) is 11.4 Å². The molecule has 0 atom stereocenters. The van der Waals surface area contributed by atoms with Crippen molar-refractivity contribution >= 4 is 18.0 Å². The molecule has 1 heterocycles. The molecule has 1 aromatic carbocycles. The van der Waals surface area contributed by atoms with Crippen LogP contribution in [0, 0.1) is 11.3 Å². The van der Waals surface area contributed by atoms with Crippen LogP contribution in [0.5, 0.6) is 0 Å². The lowest BCUT2D eigenvalue weighted by atomic mass is 10.1. The summed E-state index contributed by atoms with van der Waals surface area (Å²) in [7, 11) is 0. The molecule has 1 aromatic heterocycles. The van der Waals surface area contributed by atoms with E-state index in [1.54, 1.807) is 18.5 Å². The number of hydrogen-bond acceptors (Lipinski definition) is 3. The second kappa shape index (κ2) is 4.32. The normalized spacial score (nSPS) is 10.4. The highest BCUT2D eigenvalue weighted by atomic mass is 15.0. The van der Waals surface area contributed by atoms with Crippen LogP contribution in [0.15, 0.2) is 30.6 Å². The number of anilines is 1. The Morgan fingerprint density at radius 2 is 2.00 bits per heavy atom. The quantitative estimate of drug-likeness (QED) is 0.796. The number of imidazole rings is 1. The zero-order chi connectivity index (χ0) is 11.4. The third-order valence-corrected chi connectivity index (χ3v) is 2.18. The van der Waals surface area contributed by atoms with Crippen LogP contribution >= 0.6 is 0 Å². The van der Waals surface area contributed by atoms with Gasteiger partial charge in [0, 0.05) is 0 Å². The average Bonchev–Trinajstić information content (AvgIpc) is 2.73. The van der Waals surface area contributed by atoms with Gasteiger partial charge < -0.3 is 10.7 Å². The third-order valence-electron chi connectivity index (χ3n) is 2.18. The second-order valence-corrected chi connectivity index (χ2v) is 3.27. The van der Waals surface area contributed by atoms with Gasteiger partial charge in [0.2, 0.25) is 0 Å². The van der Waals surface area contributed by atoms with E-state index < -0.39 is 0 Å². The lowest BCUT2D eigenvalue weighted by Gasteiger charge is -1.93. The van der Waals surface area contributed by atoms with Crippen molar-refractivity contribution in [2.75, 3.05) is 5.73 Å². The summed E-state index contributed by atoms with van der Waals surface area (Å²) >= 11 is 0. The molecule has 16 heavy (non-hydrogen) atoms. The number of H-pyrrole nitrogens is 1. The molecule has 2 aromatic rings. The number of nitrogen functional groups attached to an aromatic ring is 1. The minimum Gasteiger partial charge on any atom is -0.382 e. The maximum absolute atomic E-state index is 8.65. The smallest absolute Gasteiger partial charge is 0.148 e. The van der Waals surface area contributed by atoms with E-state index in [1.165, 1.54) is 0 Å². The first-order valence-electron chi connectivity index (χ1n) is 4.76. The van der Waals surface area contributed by atoms with Gasteiger partial charge in [-0.25, -0.2) is 4.98 Å². The van der Waals surface area contributed by atoms with E-state index >= 15 is 0 Å². The van der Waals surface area contributed by atoms with Gasteiger partial charge in [-0.05, 0) is 23.8 Å². The van der Waals surface area contributed by atoms with Crippen LogP contribution in [0.2, 0.25) is 0 Å². The highest BCUT2D eigenvalue weighted by Crippen LogP contribution is 2.11. The summed E-state index contributed by atoms with van der Waals surface area (Å²) in [6, 6.07) is 9.37. The Bertz CT molecular complexity index is 543. The molecule has 4 heteroatoms. The van der Waals surface area contributed by atoms with Gasteiger partial charge >= 0.3 is 0 Å². The van der Waals surface area contributed by atoms with Gasteiger partial charge in [0.15, 0.2) is 0 Å². The molecule has 0 fully saturated rings. The van der Waals surface area contributed by atoms with Gasteiger partial charge in [-0.3, -0.25) is 0 Å². The molecule has 0 spiro atoms. The Kier molecular flexibility index (Phi) is 2.70.